The van der Waals surface area contributed by atoms with Crippen LogP contribution in [0.4, 0.5) is 5.69 Å². The van der Waals surface area contributed by atoms with Gasteiger partial charge in [0, 0.05) is 56.9 Å². The van der Waals surface area contributed by atoms with Gasteiger partial charge in [-0.2, -0.15) is 0 Å². The van der Waals surface area contributed by atoms with Crippen molar-refractivity contribution in [1.29, 1.82) is 0 Å². The molecule has 5 heteroatoms. The summed E-state index contributed by atoms with van der Waals surface area (Å²) in [5.74, 6) is 0.544. The fourth-order valence-corrected chi connectivity index (χ4v) is 4.12. The first-order valence-corrected chi connectivity index (χ1v) is 10.6. The van der Waals surface area contributed by atoms with Gasteiger partial charge in [-0.05, 0) is 36.5 Å². The number of nitrogens with zero attached hydrogens (tertiary/aromatic N) is 4. The Balaban J connectivity index is 1.46. The highest BCUT2D eigenvalue weighted by atomic mass is 16.2. The van der Waals surface area contributed by atoms with Gasteiger partial charge in [0.05, 0.1) is 5.69 Å². The second-order valence-corrected chi connectivity index (χ2v) is 7.87. The highest BCUT2D eigenvalue weighted by Gasteiger charge is 2.26. The lowest BCUT2D eigenvalue weighted by molar-refractivity contribution is -0.131. The van der Waals surface area contributed by atoms with Gasteiger partial charge in [-0.15, -0.1) is 0 Å². The molecule has 1 saturated heterocycles. The van der Waals surface area contributed by atoms with Gasteiger partial charge >= 0.3 is 0 Å². The maximum absolute atomic E-state index is 13.0. The van der Waals surface area contributed by atoms with E-state index in [0.717, 1.165) is 44.7 Å². The standard InChI is InChI=1S/C25H28N4O/c30-25(12-11-21-7-3-1-4-8-21)29-16-15-28(24-9-5-2-6-10-24)19-22(20-29)17-23-18-26-13-14-27-23/h1-10,13-14,18,22H,11-12,15-17,19-20H2/t22-/m0/s1. The van der Waals surface area contributed by atoms with Gasteiger partial charge in [0.1, 0.15) is 0 Å². The molecule has 1 fully saturated rings. The molecule has 0 radical (unpaired) electrons. The number of para-hydroxylation sites is 1. The highest BCUT2D eigenvalue weighted by Crippen LogP contribution is 2.21. The van der Waals surface area contributed by atoms with Crippen LogP contribution < -0.4 is 4.90 Å². The van der Waals surface area contributed by atoms with Gasteiger partial charge in [0.2, 0.25) is 5.91 Å². The summed E-state index contributed by atoms with van der Waals surface area (Å²) in [7, 11) is 0. The lowest BCUT2D eigenvalue weighted by atomic mass is 10.0. The Morgan fingerprint density at radius 3 is 2.43 bits per heavy atom. The maximum atomic E-state index is 13.0. The molecular weight excluding hydrogens is 372 g/mol. The molecule has 1 aliphatic rings. The molecule has 3 aromatic rings. The molecule has 5 nitrogen and oxygen atoms in total. The zero-order valence-electron chi connectivity index (χ0n) is 17.2. The van der Waals surface area contributed by atoms with Crippen LogP contribution in [0.1, 0.15) is 17.7 Å². The largest absolute Gasteiger partial charge is 0.369 e. The molecule has 0 aliphatic carbocycles. The third kappa shape index (κ3) is 5.44. The lowest BCUT2D eigenvalue weighted by Crippen LogP contribution is -2.36. The topological polar surface area (TPSA) is 49.3 Å². The summed E-state index contributed by atoms with van der Waals surface area (Å²) in [6, 6.07) is 20.7. The highest BCUT2D eigenvalue weighted by molar-refractivity contribution is 5.76. The molecule has 1 aromatic heterocycles. The van der Waals surface area contributed by atoms with Crippen molar-refractivity contribution in [3.8, 4) is 0 Å². The lowest BCUT2D eigenvalue weighted by Gasteiger charge is -2.25. The van der Waals surface area contributed by atoms with Gasteiger partial charge in [-0.3, -0.25) is 14.8 Å². The summed E-state index contributed by atoms with van der Waals surface area (Å²) in [6.45, 7) is 3.26. The van der Waals surface area contributed by atoms with Crippen LogP contribution in [-0.4, -0.2) is 47.0 Å². The van der Waals surface area contributed by atoms with Gasteiger partial charge < -0.3 is 9.80 Å². The van der Waals surface area contributed by atoms with Crippen LogP contribution in [0.2, 0.25) is 0 Å². The molecule has 4 rings (SSSR count). The molecule has 0 spiro atoms. The Morgan fingerprint density at radius 1 is 0.933 bits per heavy atom. The molecule has 2 heterocycles. The first kappa shape index (κ1) is 20.1. The molecule has 1 aliphatic heterocycles. The van der Waals surface area contributed by atoms with Crippen molar-refractivity contribution in [2.75, 3.05) is 31.1 Å². The Kier molecular flexibility index (Phi) is 6.70. The number of hydrogen-bond donors (Lipinski definition) is 0. The Labute approximate surface area is 178 Å². The number of rotatable bonds is 6. The van der Waals surface area contributed by atoms with E-state index in [4.69, 9.17) is 0 Å². The van der Waals surface area contributed by atoms with Crippen LogP contribution >= 0.6 is 0 Å². The van der Waals surface area contributed by atoms with Crippen LogP contribution in [0.3, 0.4) is 0 Å². The van der Waals surface area contributed by atoms with Crippen molar-refractivity contribution < 1.29 is 4.79 Å². The van der Waals surface area contributed by atoms with Crippen molar-refractivity contribution in [3.05, 3.63) is 90.5 Å². The Morgan fingerprint density at radius 2 is 1.70 bits per heavy atom. The first-order valence-electron chi connectivity index (χ1n) is 10.6. The fraction of sp³-hybridized carbons (Fsp3) is 0.320. The minimum Gasteiger partial charge on any atom is -0.369 e. The van der Waals surface area contributed by atoms with Gasteiger partial charge in [0.15, 0.2) is 0 Å². The molecule has 1 atom stereocenters. The molecule has 0 unspecified atom stereocenters. The number of hydrogen-bond acceptors (Lipinski definition) is 4. The number of aryl methyl sites for hydroxylation is 1. The van der Waals surface area contributed by atoms with Crippen molar-refractivity contribution in [3.63, 3.8) is 0 Å². The van der Waals surface area contributed by atoms with Crippen LogP contribution in [0.15, 0.2) is 79.3 Å². The van der Waals surface area contributed by atoms with E-state index >= 15 is 0 Å². The van der Waals surface area contributed by atoms with E-state index in [0.29, 0.717) is 12.3 Å². The van der Waals surface area contributed by atoms with Gasteiger partial charge in [-0.25, -0.2) is 0 Å². The molecule has 30 heavy (non-hydrogen) atoms. The van der Waals surface area contributed by atoms with E-state index < -0.39 is 0 Å². The Bertz CT molecular complexity index is 918. The van der Waals surface area contributed by atoms with E-state index in [1.165, 1.54) is 11.3 Å². The van der Waals surface area contributed by atoms with Crippen LogP contribution in [0.5, 0.6) is 0 Å². The molecule has 2 aromatic carbocycles. The SMILES string of the molecule is O=C(CCc1ccccc1)N1CCN(c2ccccc2)C[C@H](Cc2cnccn2)C1. The number of anilines is 1. The van der Waals surface area contributed by atoms with Crippen molar-refractivity contribution in [2.45, 2.75) is 19.3 Å². The zero-order chi connectivity index (χ0) is 20.6. The van der Waals surface area contributed by atoms with Crippen molar-refractivity contribution in [1.82, 2.24) is 14.9 Å². The normalized spacial score (nSPS) is 16.9. The van der Waals surface area contributed by atoms with E-state index in [1.807, 2.05) is 35.4 Å². The average Bonchev–Trinajstić information content (AvgIpc) is 3.02. The predicted molar refractivity (Wildman–Crippen MR) is 119 cm³/mol. The van der Waals surface area contributed by atoms with Crippen molar-refractivity contribution >= 4 is 11.6 Å². The molecule has 1 amide bonds. The summed E-state index contributed by atoms with van der Waals surface area (Å²) in [5.41, 5.74) is 3.40. The summed E-state index contributed by atoms with van der Waals surface area (Å²) < 4.78 is 0. The van der Waals surface area contributed by atoms with Crippen LogP contribution in [0, 0.1) is 5.92 Å². The average molecular weight is 401 g/mol. The monoisotopic (exact) mass is 400 g/mol. The first-order chi connectivity index (χ1) is 14.8. The number of carbonyl (C=O) groups is 1. The van der Waals surface area contributed by atoms with Gasteiger partial charge in [-0.1, -0.05) is 48.5 Å². The van der Waals surface area contributed by atoms with Gasteiger partial charge in [0.25, 0.3) is 0 Å². The zero-order valence-corrected chi connectivity index (χ0v) is 17.2. The predicted octanol–water partition coefficient (Wildman–Crippen LogP) is 3.62. The van der Waals surface area contributed by atoms with E-state index in [-0.39, 0.29) is 5.91 Å². The number of carbonyl (C=O) groups excluding carboxylic acids is 1. The third-order valence-corrected chi connectivity index (χ3v) is 5.66. The number of benzene rings is 2. The minimum absolute atomic E-state index is 0.234. The third-order valence-electron chi connectivity index (χ3n) is 5.66. The molecule has 0 bridgehead atoms. The Hall–Kier alpha value is -3.21. The van der Waals surface area contributed by atoms with E-state index in [1.54, 1.807) is 12.4 Å². The van der Waals surface area contributed by atoms with Crippen LogP contribution in [0.25, 0.3) is 0 Å². The number of aromatic nitrogens is 2. The molecule has 154 valence electrons. The van der Waals surface area contributed by atoms with E-state index in [2.05, 4.69) is 51.3 Å². The van der Waals surface area contributed by atoms with Crippen molar-refractivity contribution in [2.24, 2.45) is 5.92 Å². The summed E-state index contributed by atoms with van der Waals surface area (Å²) in [4.78, 5) is 26.2. The minimum atomic E-state index is 0.234. The number of amides is 1. The van der Waals surface area contributed by atoms with Crippen LogP contribution in [-0.2, 0) is 17.6 Å². The quantitative estimate of drug-likeness (QED) is 0.634. The smallest absolute Gasteiger partial charge is 0.222 e. The summed E-state index contributed by atoms with van der Waals surface area (Å²) >= 11 is 0. The summed E-state index contributed by atoms with van der Waals surface area (Å²) in [5, 5.41) is 0. The summed E-state index contributed by atoms with van der Waals surface area (Å²) in [6.07, 6.45) is 7.43. The molecule has 0 N–H and O–H groups in total. The fourth-order valence-electron chi connectivity index (χ4n) is 4.12. The molecule has 0 saturated carbocycles. The molecular formula is C25H28N4O. The van der Waals surface area contributed by atoms with E-state index in [9.17, 15) is 4.79 Å². The second-order valence-electron chi connectivity index (χ2n) is 7.87. The maximum Gasteiger partial charge on any atom is 0.222 e. The second kappa shape index (κ2) is 10.0.